The van der Waals surface area contributed by atoms with E-state index in [0.717, 1.165) is 0 Å². The lowest BCUT2D eigenvalue weighted by atomic mass is 10.1. The molecule has 0 atom stereocenters. The third kappa shape index (κ3) is 5.20. The van der Waals surface area contributed by atoms with E-state index in [9.17, 15) is 14.4 Å². The molecule has 6 heteroatoms. The number of carboxylic acids is 1. The molecule has 0 aliphatic heterocycles. The lowest BCUT2D eigenvalue weighted by Crippen LogP contribution is -2.23. The molecule has 0 fully saturated rings. The van der Waals surface area contributed by atoms with Gasteiger partial charge in [0.15, 0.2) is 0 Å². The van der Waals surface area contributed by atoms with E-state index in [0.29, 0.717) is 5.56 Å². The highest BCUT2D eigenvalue weighted by molar-refractivity contribution is 5.87. The molecule has 0 aliphatic rings. The zero-order valence-electron chi connectivity index (χ0n) is 10.5. The number of carbonyl (C=O) groups excluding carboxylic acids is 2. The van der Waals surface area contributed by atoms with Crippen molar-refractivity contribution >= 4 is 17.8 Å². The van der Waals surface area contributed by atoms with Crippen molar-refractivity contribution in [3.63, 3.8) is 0 Å². The number of hydrogen-bond donors (Lipinski definition) is 2. The number of benzene rings is 1. The molecule has 0 radical (unpaired) electrons. The van der Waals surface area contributed by atoms with Crippen LogP contribution in [0.25, 0.3) is 0 Å². The Bertz CT molecular complexity index is 484. The monoisotopic (exact) mass is 265 g/mol. The fraction of sp³-hybridized carbons (Fsp3) is 0.308. The van der Waals surface area contributed by atoms with Gasteiger partial charge < -0.3 is 15.2 Å². The number of esters is 1. The van der Waals surface area contributed by atoms with Crippen molar-refractivity contribution in [2.75, 3.05) is 7.11 Å². The van der Waals surface area contributed by atoms with Gasteiger partial charge in [0, 0.05) is 13.0 Å². The second kappa shape index (κ2) is 7.15. The maximum absolute atomic E-state index is 11.4. The molecule has 102 valence electrons. The van der Waals surface area contributed by atoms with Gasteiger partial charge >= 0.3 is 11.9 Å². The third-order valence-electron chi connectivity index (χ3n) is 2.45. The molecule has 0 aliphatic carbocycles. The molecular formula is C13H15NO5. The number of carboxylic acid groups (broad SMARTS) is 1. The molecular weight excluding hydrogens is 250 g/mol. The van der Waals surface area contributed by atoms with Crippen LogP contribution in [-0.2, 0) is 20.9 Å². The first-order chi connectivity index (χ1) is 9.02. The molecule has 19 heavy (non-hydrogen) atoms. The van der Waals surface area contributed by atoms with E-state index < -0.39 is 11.9 Å². The van der Waals surface area contributed by atoms with Crippen LogP contribution in [-0.4, -0.2) is 30.1 Å². The van der Waals surface area contributed by atoms with Gasteiger partial charge in [0.05, 0.1) is 19.1 Å². The lowest BCUT2D eigenvalue weighted by molar-refractivity contribution is -0.142. The number of ether oxygens (including phenoxy) is 1. The lowest BCUT2D eigenvalue weighted by Gasteiger charge is -2.05. The van der Waals surface area contributed by atoms with E-state index in [-0.39, 0.29) is 30.9 Å². The normalized spacial score (nSPS) is 9.74. The molecule has 1 aromatic rings. The second-order valence-electron chi connectivity index (χ2n) is 3.86. The Morgan fingerprint density at radius 3 is 2.63 bits per heavy atom. The second-order valence-corrected chi connectivity index (χ2v) is 3.86. The number of nitrogens with one attached hydrogen (secondary N) is 1. The molecule has 1 rings (SSSR count). The first-order valence-corrected chi connectivity index (χ1v) is 5.68. The topological polar surface area (TPSA) is 92.7 Å². The molecule has 0 heterocycles. The first kappa shape index (κ1) is 14.7. The number of amides is 1. The van der Waals surface area contributed by atoms with Crippen LogP contribution in [0.15, 0.2) is 24.3 Å². The van der Waals surface area contributed by atoms with Gasteiger partial charge in [-0.25, -0.2) is 4.79 Å². The highest BCUT2D eigenvalue weighted by Gasteiger charge is 2.07. The van der Waals surface area contributed by atoms with Crippen LogP contribution in [0.1, 0.15) is 28.8 Å². The average Bonchev–Trinajstić information content (AvgIpc) is 2.42. The summed E-state index contributed by atoms with van der Waals surface area (Å²) >= 11 is 0. The van der Waals surface area contributed by atoms with Gasteiger partial charge in [0.1, 0.15) is 0 Å². The number of hydrogen-bond acceptors (Lipinski definition) is 4. The molecule has 1 amide bonds. The zero-order chi connectivity index (χ0) is 14.3. The third-order valence-corrected chi connectivity index (χ3v) is 2.45. The quantitative estimate of drug-likeness (QED) is 0.747. The predicted molar refractivity (Wildman–Crippen MR) is 66.5 cm³/mol. The SMILES string of the molecule is COC(=O)CCC(=O)NCc1cccc(C(=O)O)c1. The van der Waals surface area contributed by atoms with E-state index in [2.05, 4.69) is 10.1 Å². The molecule has 2 N–H and O–H groups in total. The van der Waals surface area contributed by atoms with Crippen LogP contribution in [0.4, 0.5) is 0 Å². The van der Waals surface area contributed by atoms with Crippen LogP contribution >= 0.6 is 0 Å². The van der Waals surface area contributed by atoms with Crippen molar-refractivity contribution in [1.82, 2.24) is 5.32 Å². The minimum atomic E-state index is -1.01. The van der Waals surface area contributed by atoms with Crippen molar-refractivity contribution < 1.29 is 24.2 Å². The van der Waals surface area contributed by atoms with Gasteiger partial charge in [-0.3, -0.25) is 9.59 Å². The van der Waals surface area contributed by atoms with Crippen LogP contribution in [0, 0.1) is 0 Å². The van der Waals surface area contributed by atoms with Crippen LogP contribution in [0.2, 0.25) is 0 Å². The van der Waals surface area contributed by atoms with Crippen LogP contribution in [0.5, 0.6) is 0 Å². The average molecular weight is 265 g/mol. The molecule has 0 aromatic heterocycles. The van der Waals surface area contributed by atoms with Crippen LogP contribution < -0.4 is 5.32 Å². The summed E-state index contributed by atoms with van der Waals surface area (Å²) in [5, 5.41) is 11.4. The van der Waals surface area contributed by atoms with Gasteiger partial charge in [-0.2, -0.15) is 0 Å². The molecule has 0 unspecified atom stereocenters. The van der Waals surface area contributed by atoms with Gasteiger partial charge in [0.2, 0.25) is 5.91 Å². The Morgan fingerprint density at radius 2 is 2.00 bits per heavy atom. The van der Waals surface area contributed by atoms with E-state index in [1.54, 1.807) is 12.1 Å². The molecule has 0 saturated carbocycles. The highest BCUT2D eigenvalue weighted by atomic mass is 16.5. The maximum Gasteiger partial charge on any atom is 0.335 e. The van der Waals surface area contributed by atoms with Crippen molar-refractivity contribution in [1.29, 1.82) is 0 Å². The summed E-state index contributed by atoms with van der Waals surface area (Å²) in [5.41, 5.74) is 0.854. The van der Waals surface area contributed by atoms with Crippen molar-refractivity contribution in [2.24, 2.45) is 0 Å². The Morgan fingerprint density at radius 1 is 1.26 bits per heavy atom. The van der Waals surface area contributed by atoms with E-state index in [1.807, 2.05) is 0 Å². The number of methoxy groups -OCH3 is 1. The van der Waals surface area contributed by atoms with Gasteiger partial charge in [-0.1, -0.05) is 12.1 Å². The van der Waals surface area contributed by atoms with Crippen LogP contribution in [0.3, 0.4) is 0 Å². The summed E-state index contributed by atoms with van der Waals surface area (Å²) in [4.78, 5) is 33.0. The van der Waals surface area contributed by atoms with Gasteiger partial charge in [0.25, 0.3) is 0 Å². The fourth-order valence-electron chi connectivity index (χ4n) is 1.42. The summed E-state index contributed by atoms with van der Waals surface area (Å²) in [5.74, 6) is -1.74. The summed E-state index contributed by atoms with van der Waals surface area (Å²) < 4.78 is 4.42. The van der Waals surface area contributed by atoms with E-state index in [1.165, 1.54) is 19.2 Å². The van der Waals surface area contributed by atoms with Crippen molar-refractivity contribution in [3.8, 4) is 0 Å². The molecule has 0 bridgehead atoms. The number of carbonyl (C=O) groups is 3. The Balaban J connectivity index is 2.44. The fourth-order valence-corrected chi connectivity index (χ4v) is 1.42. The summed E-state index contributed by atoms with van der Waals surface area (Å²) in [7, 11) is 1.26. The smallest absolute Gasteiger partial charge is 0.335 e. The standard InChI is InChI=1S/C13H15NO5/c1-19-12(16)6-5-11(15)14-8-9-3-2-4-10(7-9)13(17)18/h2-4,7H,5-6,8H2,1H3,(H,14,15)(H,17,18). The predicted octanol–water partition coefficient (Wildman–Crippen LogP) is 0.954. The Hall–Kier alpha value is -2.37. The van der Waals surface area contributed by atoms with Crippen molar-refractivity contribution in [3.05, 3.63) is 35.4 Å². The number of rotatable bonds is 6. The minimum absolute atomic E-state index is 0.0253. The molecule has 1 aromatic carbocycles. The maximum atomic E-state index is 11.4. The summed E-state index contributed by atoms with van der Waals surface area (Å²) in [6, 6.07) is 6.29. The van der Waals surface area contributed by atoms with Crippen molar-refractivity contribution in [2.45, 2.75) is 19.4 Å². The van der Waals surface area contributed by atoms with E-state index >= 15 is 0 Å². The Kier molecular flexibility index (Phi) is 5.53. The Labute approximate surface area is 110 Å². The minimum Gasteiger partial charge on any atom is -0.478 e. The molecule has 0 saturated heterocycles. The summed E-state index contributed by atoms with van der Waals surface area (Å²) in [6.07, 6.45) is 0.0722. The number of aromatic carboxylic acids is 1. The largest absolute Gasteiger partial charge is 0.478 e. The summed E-state index contributed by atoms with van der Waals surface area (Å²) in [6.45, 7) is 0.223. The first-order valence-electron chi connectivity index (χ1n) is 5.68. The van der Waals surface area contributed by atoms with Gasteiger partial charge in [-0.05, 0) is 17.7 Å². The molecule has 6 nitrogen and oxygen atoms in total. The van der Waals surface area contributed by atoms with Gasteiger partial charge in [-0.15, -0.1) is 0 Å². The molecule has 0 spiro atoms. The zero-order valence-corrected chi connectivity index (χ0v) is 10.5. The highest BCUT2D eigenvalue weighted by Crippen LogP contribution is 2.05. The van der Waals surface area contributed by atoms with E-state index in [4.69, 9.17) is 5.11 Å².